The number of carbonyl (C=O) groups is 4. The predicted molar refractivity (Wildman–Crippen MR) is 99.6 cm³/mol. The SMILES string of the molecule is CCC(C)C(N)C(=O)NC(CS)C(=O)NCC(=O)NC(CS)C(=O)O. The second-order valence-corrected chi connectivity index (χ2v) is 6.24. The molecule has 9 nitrogen and oxygen atoms in total. The Balaban J connectivity index is 4.53. The number of nitrogens with one attached hydrogen (secondary N) is 3. The van der Waals surface area contributed by atoms with E-state index < -0.39 is 48.4 Å². The van der Waals surface area contributed by atoms with E-state index in [0.29, 0.717) is 6.42 Å². The van der Waals surface area contributed by atoms with Crippen molar-refractivity contribution in [3.05, 3.63) is 0 Å². The van der Waals surface area contributed by atoms with Crippen LogP contribution in [0.15, 0.2) is 0 Å². The summed E-state index contributed by atoms with van der Waals surface area (Å²) in [5.41, 5.74) is 5.80. The first-order valence-corrected chi connectivity index (χ1v) is 9.01. The minimum atomic E-state index is -1.23. The highest BCUT2D eigenvalue weighted by Crippen LogP contribution is 2.05. The van der Waals surface area contributed by atoms with Gasteiger partial charge in [-0.25, -0.2) is 4.79 Å². The molecule has 0 aliphatic rings. The quantitative estimate of drug-likeness (QED) is 0.210. The van der Waals surface area contributed by atoms with Crippen LogP contribution < -0.4 is 21.7 Å². The lowest BCUT2D eigenvalue weighted by atomic mass is 9.99. The summed E-state index contributed by atoms with van der Waals surface area (Å²) in [6, 6.07) is -2.87. The summed E-state index contributed by atoms with van der Waals surface area (Å²) in [5, 5.41) is 15.8. The molecular formula is C14H26N4O5S2. The summed E-state index contributed by atoms with van der Waals surface area (Å²) in [6.45, 7) is 3.28. The summed E-state index contributed by atoms with van der Waals surface area (Å²) in [6.07, 6.45) is 0.711. The number of nitrogens with two attached hydrogens (primary N) is 1. The van der Waals surface area contributed by atoms with Gasteiger partial charge in [-0.1, -0.05) is 20.3 Å². The lowest BCUT2D eigenvalue weighted by molar-refractivity contribution is -0.141. The number of hydrogen-bond donors (Lipinski definition) is 7. The molecule has 11 heteroatoms. The van der Waals surface area contributed by atoms with Gasteiger partial charge in [0.15, 0.2) is 0 Å². The van der Waals surface area contributed by atoms with E-state index in [0.717, 1.165) is 0 Å². The molecule has 4 atom stereocenters. The van der Waals surface area contributed by atoms with Crippen molar-refractivity contribution in [3.63, 3.8) is 0 Å². The maximum atomic E-state index is 12.0. The first kappa shape index (κ1) is 23.5. The van der Waals surface area contributed by atoms with E-state index in [9.17, 15) is 19.2 Å². The Morgan fingerprint density at radius 1 is 1.04 bits per heavy atom. The Labute approximate surface area is 157 Å². The third-order valence-corrected chi connectivity index (χ3v) is 4.34. The second-order valence-electron chi connectivity index (χ2n) is 5.51. The molecule has 0 fully saturated rings. The van der Waals surface area contributed by atoms with Gasteiger partial charge in [0, 0.05) is 11.5 Å². The van der Waals surface area contributed by atoms with Gasteiger partial charge < -0.3 is 26.8 Å². The molecule has 0 bridgehead atoms. The van der Waals surface area contributed by atoms with Crippen molar-refractivity contribution in [2.24, 2.45) is 11.7 Å². The van der Waals surface area contributed by atoms with Crippen molar-refractivity contribution < 1.29 is 24.3 Å². The second kappa shape index (κ2) is 12.0. The molecule has 0 aromatic rings. The molecule has 0 aromatic heterocycles. The number of carbonyl (C=O) groups excluding carboxylic acids is 3. The number of hydrogen-bond acceptors (Lipinski definition) is 7. The topological polar surface area (TPSA) is 151 Å². The Bertz CT molecular complexity index is 492. The van der Waals surface area contributed by atoms with Gasteiger partial charge in [0.2, 0.25) is 17.7 Å². The standard InChI is InChI=1S/C14H26N4O5S2/c1-3-7(2)11(15)13(21)18-8(5-24)12(20)16-4-10(19)17-9(6-25)14(22)23/h7-9,11,24-25H,3-6,15H2,1-2H3,(H,16,20)(H,17,19)(H,18,21)(H,22,23). The van der Waals surface area contributed by atoms with Gasteiger partial charge in [0.05, 0.1) is 12.6 Å². The highest BCUT2D eigenvalue weighted by atomic mass is 32.1. The molecule has 3 amide bonds. The van der Waals surface area contributed by atoms with Crippen LogP contribution in [0.5, 0.6) is 0 Å². The van der Waals surface area contributed by atoms with Gasteiger partial charge in [-0.3, -0.25) is 14.4 Å². The summed E-state index contributed by atoms with van der Waals surface area (Å²) < 4.78 is 0. The van der Waals surface area contributed by atoms with Gasteiger partial charge in [-0.15, -0.1) is 0 Å². The fraction of sp³-hybridized carbons (Fsp3) is 0.714. The summed E-state index contributed by atoms with van der Waals surface area (Å²) in [5.74, 6) is -3.13. The maximum Gasteiger partial charge on any atom is 0.327 e. The lowest BCUT2D eigenvalue weighted by Gasteiger charge is -2.22. The molecule has 0 radical (unpaired) electrons. The van der Waals surface area contributed by atoms with Crippen LogP contribution in [0.1, 0.15) is 20.3 Å². The lowest BCUT2D eigenvalue weighted by Crippen LogP contribution is -2.55. The maximum absolute atomic E-state index is 12.0. The molecule has 6 N–H and O–H groups in total. The molecule has 144 valence electrons. The molecular weight excluding hydrogens is 368 g/mol. The van der Waals surface area contributed by atoms with Crippen LogP contribution in [0.25, 0.3) is 0 Å². The third-order valence-electron chi connectivity index (χ3n) is 3.61. The molecule has 0 aromatic carbocycles. The molecule has 4 unspecified atom stereocenters. The molecule has 0 heterocycles. The number of rotatable bonds is 11. The molecule has 0 spiro atoms. The van der Waals surface area contributed by atoms with Crippen molar-refractivity contribution in [2.75, 3.05) is 18.1 Å². The van der Waals surface area contributed by atoms with Crippen LogP contribution >= 0.6 is 25.3 Å². The Hall–Kier alpha value is -1.46. The van der Waals surface area contributed by atoms with Crippen LogP contribution in [0.2, 0.25) is 0 Å². The molecule has 0 aliphatic carbocycles. The van der Waals surface area contributed by atoms with Crippen LogP contribution in [-0.2, 0) is 19.2 Å². The zero-order chi connectivity index (χ0) is 19.6. The van der Waals surface area contributed by atoms with E-state index in [-0.39, 0.29) is 17.4 Å². The molecule has 25 heavy (non-hydrogen) atoms. The Kier molecular flexibility index (Phi) is 11.3. The van der Waals surface area contributed by atoms with Crippen LogP contribution in [-0.4, -0.2) is 65.0 Å². The predicted octanol–water partition coefficient (Wildman–Crippen LogP) is -1.61. The van der Waals surface area contributed by atoms with E-state index in [2.05, 4.69) is 41.2 Å². The fourth-order valence-electron chi connectivity index (χ4n) is 1.70. The average Bonchev–Trinajstić information content (AvgIpc) is 2.59. The average molecular weight is 395 g/mol. The number of carboxylic acid groups (broad SMARTS) is 1. The van der Waals surface area contributed by atoms with E-state index in [1.807, 2.05) is 13.8 Å². The van der Waals surface area contributed by atoms with Crippen molar-refractivity contribution in [1.29, 1.82) is 0 Å². The van der Waals surface area contributed by atoms with E-state index >= 15 is 0 Å². The van der Waals surface area contributed by atoms with E-state index in [1.165, 1.54) is 0 Å². The summed E-state index contributed by atoms with van der Waals surface area (Å²) in [4.78, 5) is 46.5. The fourth-order valence-corrected chi connectivity index (χ4v) is 2.20. The Morgan fingerprint density at radius 3 is 2.04 bits per heavy atom. The summed E-state index contributed by atoms with van der Waals surface area (Å²) >= 11 is 7.82. The van der Waals surface area contributed by atoms with Gasteiger partial charge in [-0.2, -0.15) is 25.3 Å². The van der Waals surface area contributed by atoms with Crippen LogP contribution in [0, 0.1) is 5.92 Å². The molecule has 0 aliphatic heterocycles. The van der Waals surface area contributed by atoms with Crippen molar-refractivity contribution >= 4 is 48.9 Å². The number of carboxylic acids is 1. The monoisotopic (exact) mass is 394 g/mol. The van der Waals surface area contributed by atoms with Gasteiger partial charge in [0.25, 0.3) is 0 Å². The summed E-state index contributed by atoms with van der Waals surface area (Å²) in [7, 11) is 0. The van der Waals surface area contributed by atoms with Gasteiger partial charge in [0.1, 0.15) is 12.1 Å². The van der Waals surface area contributed by atoms with Crippen LogP contribution in [0.4, 0.5) is 0 Å². The first-order chi connectivity index (χ1) is 11.7. The van der Waals surface area contributed by atoms with E-state index in [4.69, 9.17) is 10.8 Å². The Morgan fingerprint density at radius 2 is 1.60 bits per heavy atom. The normalized spacial score (nSPS) is 15.4. The number of thiol groups is 2. The zero-order valence-corrected chi connectivity index (χ0v) is 16.0. The smallest absolute Gasteiger partial charge is 0.327 e. The molecule has 0 saturated carbocycles. The largest absolute Gasteiger partial charge is 0.480 e. The number of aliphatic carboxylic acids is 1. The van der Waals surface area contributed by atoms with Crippen molar-refractivity contribution in [2.45, 2.75) is 38.4 Å². The minimum Gasteiger partial charge on any atom is -0.480 e. The molecule has 0 rings (SSSR count). The minimum absolute atomic E-state index is 0.0147. The third kappa shape index (κ3) is 8.45. The van der Waals surface area contributed by atoms with E-state index in [1.54, 1.807) is 0 Å². The molecule has 0 saturated heterocycles. The number of amides is 3. The van der Waals surface area contributed by atoms with Crippen molar-refractivity contribution in [3.8, 4) is 0 Å². The van der Waals surface area contributed by atoms with Crippen LogP contribution in [0.3, 0.4) is 0 Å². The van der Waals surface area contributed by atoms with Gasteiger partial charge >= 0.3 is 5.97 Å². The highest BCUT2D eigenvalue weighted by molar-refractivity contribution is 7.80. The van der Waals surface area contributed by atoms with Crippen molar-refractivity contribution in [1.82, 2.24) is 16.0 Å². The van der Waals surface area contributed by atoms with Gasteiger partial charge in [-0.05, 0) is 5.92 Å². The highest BCUT2D eigenvalue weighted by Gasteiger charge is 2.26. The first-order valence-electron chi connectivity index (χ1n) is 7.75. The zero-order valence-electron chi connectivity index (χ0n) is 14.2.